The van der Waals surface area contributed by atoms with Crippen molar-refractivity contribution in [3.8, 4) is 0 Å². The molecule has 4 nitrogen and oxygen atoms in total. The minimum atomic E-state index is -0.312. The van der Waals surface area contributed by atoms with Gasteiger partial charge in [0.2, 0.25) is 11.8 Å². The number of thioether (sulfide) groups is 1. The third kappa shape index (κ3) is 2.29. The minimum Gasteiger partial charge on any atom is -0.399 e. The molecule has 0 aliphatic carbocycles. The van der Waals surface area contributed by atoms with Gasteiger partial charge in [0, 0.05) is 24.1 Å². The summed E-state index contributed by atoms with van der Waals surface area (Å²) in [7, 11) is 1.53. The molecule has 1 aromatic carbocycles. The van der Waals surface area contributed by atoms with Crippen LogP contribution in [0.2, 0.25) is 0 Å². The molecule has 0 saturated carbocycles. The van der Waals surface area contributed by atoms with Gasteiger partial charge in [-0.1, -0.05) is 6.07 Å². The largest absolute Gasteiger partial charge is 0.399 e. The highest BCUT2D eigenvalue weighted by atomic mass is 32.2. The Morgan fingerprint density at radius 3 is 2.71 bits per heavy atom. The van der Waals surface area contributed by atoms with E-state index in [0.717, 1.165) is 10.5 Å². The summed E-state index contributed by atoms with van der Waals surface area (Å²) in [5.74, 6) is -0.240. The lowest BCUT2D eigenvalue weighted by atomic mass is 10.2. The maximum absolute atomic E-state index is 11.8. The van der Waals surface area contributed by atoms with Gasteiger partial charge in [-0.25, -0.2) is 0 Å². The molecular weight excluding hydrogens is 236 g/mol. The zero-order chi connectivity index (χ0) is 12.6. The Hall–Kier alpha value is -1.49. The summed E-state index contributed by atoms with van der Waals surface area (Å²) in [6.07, 6.45) is 0.272. The fourth-order valence-electron chi connectivity index (χ4n) is 1.71. The number of amides is 2. The number of anilines is 1. The molecule has 1 fully saturated rings. The van der Waals surface area contributed by atoms with Gasteiger partial charge in [0.15, 0.2) is 0 Å². The second kappa shape index (κ2) is 4.41. The van der Waals surface area contributed by atoms with Crippen molar-refractivity contribution in [1.82, 2.24) is 4.90 Å². The Morgan fingerprint density at radius 1 is 1.41 bits per heavy atom. The Bertz CT molecular complexity index is 487. The number of carbonyl (C=O) groups is 2. The van der Waals surface area contributed by atoms with Gasteiger partial charge in [0.1, 0.15) is 0 Å². The molecular formula is C12H14N2O2S. The standard InChI is InChI=1S/C12H14N2O2S/c1-7-3-4-8(13)5-9(7)17-10-6-11(15)14(2)12(10)16/h3-5,10H,6,13H2,1-2H3. The average molecular weight is 250 g/mol. The molecule has 90 valence electrons. The molecule has 0 spiro atoms. The summed E-state index contributed by atoms with van der Waals surface area (Å²) in [5, 5.41) is -0.312. The predicted octanol–water partition coefficient (Wildman–Crippen LogP) is 1.43. The number of benzene rings is 1. The summed E-state index contributed by atoms with van der Waals surface area (Å²) < 4.78 is 0. The second-order valence-electron chi connectivity index (χ2n) is 4.13. The number of hydrogen-bond acceptors (Lipinski definition) is 4. The van der Waals surface area contributed by atoms with Crippen LogP contribution in [0.3, 0.4) is 0 Å². The zero-order valence-corrected chi connectivity index (χ0v) is 10.6. The number of nitrogens with zero attached hydrogens (tertiary/aromatic N) is 1. The number of hydrogen-bond donors (Lipinski definition) is 1. The first-order valence-electron chi connectivity index (χ1n) is 5.32. The number of likely N-dealkylation sites (tertiary alicyclic amines) is 1. The van der Waals surface area contributed by atoms with Crippen LogP contribution in [0, 0.1) is 6.92 Å². The minimum absolute atomic E-state index is 0.117. The first-order valence-corrected chi connectivity index (χ1v) is 6.20. The van der Waals surface area contributed by atoms with Crippen molar-refractivity contribution in [3.63, 3.8) is 0 Å². The van der Waals surface area contributed by atoms with Crippen LogP contribution in [-0.2, 0) is 9.59 Å². The normalized spacial score (nSPS) is 20.1. The van der Waals surface area contributed by atoms with Gasteiger partial charge < -0.3 is 5.73 Å². The van der Waals surface area contributed by atoms with Crippen molar-refractivity contribution in [2.24, 2.45) is 0 Å². The van der Waals surface area contributed by atoms with Crippen LogP contribution in [0.4, 0.5) is 5.69 Å². The summed E-state index contributed by atoms with van der Waals surface area (Å²) in [6.45, 7) is 1.97. The van der Waals surface area contributed by atoms with Gasteiger partial charge in [-0.2, -0.15) is 0 Å². The summed E-state index contributed by atoms with van der Waals surface area (Å²) in [6, 6.07) is 5.59. The number of aryl methyl sites for hydroxylation is 1. The predicted molar refractivity (Wildman–Crippen MR) is 67.6 cm³/mol. The van der Waals surface area contributed by atoms with E-state index in [1.807, 2.05) is 25.1 Å². The highest BCUT2D eigenvalue weighted by Crippen LogP contribution is 2.33. The van der Waals surface area contributed by atoms with Gasteiger partial charge in [-0.15, -0.1) is 11.8 Å². The highest BCUT2D eigenvalue weighted by Gasteiger charge is 2.36. The lowest BCUT2D eigenvalue weighted by Gasteiger charge is -2.11. The van der Waals surface area contributed by atoms with E-state index in [2.05, 4.69) is 0 Å². The molecule has 1 saturated heterocycles. The van der Waals surface area contributed by atoms with Crippen LogP contribution < -0.4 is 5.73 Å². The monoisotopic (exact) mass is 250 g/mol. The number of carbonyl (C=O) groups excluding carboxylic acids is 2. The smallest absolute Gasteiger partial charge is 0.242 e. The van der Waals surface area contributed by atoms with Gasteiger partial charge in [0.05, 0.1) is 5.25 Å². The maximum atomic E-state index is 11.8. The van der Waals surface area contributed by atoms with E-state index in [1.165, 1.54) is 23.7 Å². The van der Waals surface area contributed by atoms with E-state index in [0.29, 0.717) is 5.69 Å². The van der Waals surface area contributed by atoms with E-state index in [1.54, 1.807) is 0 Å². The van der Waals surface area contributed by atoms with E-state index < -0.39 is 0 Å². The molecule has 2 amide bonds. The molecule has 2 rings (SSSR count). The van der Waals surface area contributed by atoms with Gasteiger partial charge in [0.25, 0.3) is 0 Å². The third-order valence-corrected chi connectivity index (χ3v) is 4.17. The molecule has 0 aromatic heterocycles. The van der Waals surface area contributed by atoms with Crippen molar-refractivity contribution in [1.29, 1.82) is 0 Å². The summed E-state index contributed by atoms with van der Waals surface area (Å²) in [4.78, 5) is 25.3. The Morgan fingerprint density at radius 2 is 2.12 bits per heavy atom. The zero-order valence-electron chi connectivity index (χ0n) is 9.77. The quantitative estimate of drug-likeness (QED) is 0.637. The van der Waals surface area contributed by atoms with Crippen LogP contribution >= 0.6 is 11.8 Å². The van der Waals surface area contributed by atoms with Gasteiger partial charge >= 0.3 is 0 Å². The number of rotatable bonds is 2. The molecule has 5 heteroatoms. The fraction of sp³-hybridized carbons (Fsp3) is 0.333. The molecule has 0 radical (unpaired) electrons. The Kier molecular flexibility index (Phi) is 3.11. The van der Waals surface area contributed by atoms with E-state index in [9.17, 15) is 9.59 Å². The van der Waals surface area contributed by atoms with Crippen molar-refractivity contribution < 1.29 is 9.59 Å². The Labute approximate surface area is 104 Å². The van der Waals surface area contributed by atoms with Gasteiger partial charge in [-0.05, 0) is 24.6 Å². The molecule has 17 heavy (non-hydrogen) atoms. The van der Waals surface area contributed by atoms with E-state index in [-0.39, 0.29) is 23.5 Å². The Balaban J connectivity index is 2.19. The summed E-state index contributed by atoms with van der Waals surface area (Å²) in [5.41, 5.74) is 7.45. The molecule has 1 unspecified atom stereocenters. The van der Waals surface area contributed by atoms with Gasteiger partial charge in [-0.3, -0.25) is 14.5 Å². The molecule has 1 aliphatic rings. The molecule has 1 atom stereocenters. The fourth-order valence-corrected chi connectivity index (χ4v) is 2.96. The molecule has 1 aliphatic heterocycles. The lowest BCUT2D eigenvalue weighted by molar-refractivity contribution is -0.136. The summed E-state index contributed by atoms with van der Waals surface area (Å²) >= 11 is 1.42. The molecule has 0 bridgehead atoms. The maximum Gasteiger partial charge on any atom is 0.242 e. The molecule has 2 N–H and O–H groups in total. The van der Waals surface area contributed by atoms with Crippen molar-refractivity contribution >= 4 is 29.3 Å². The first kappa shape index (κ1) is 12.0. The van der Waals surface area contributed by atoms with Crippen molar-refractivity contribution in [2.75, 3.05) is 12.8 Å². The average Bonchev–Trinajstić information content (AvgIpc) is 2.52. The first-order chi connectivity index (χ1) is 7.99. The lowest BCUT2D eigenvalue weighted by Crippen LogP contribution is -2.26. The van der Waals surface area contributed by atoms with Crippen LogP contribution in [0.5, 0.6) is 0 Å². The number of nitrogen functional groups attached to an aromatic ring is 1. The van der Waals surface area contributed by atoms with Crippen LogP contribution in [0.25, 0.3) is 0 Å². The van der Waals surface area contributed by atoms with Crippen molar-refractivity contribution in [2.45, 2.75) is 23.5 Å². The van der Waals surface area contributed by atoms with E-state index in [4.69, 9.17) is 5.73 Å². The number of nitrogens with two attached hydrogens (primary N) is 1. The highest BCUT2D eigenvalue weighted by molar-refractivity contribution is 8.00. The second-order valence-corrected chi connectivity index (χ2v) is 5.37. The van der Waals surface area contributed by atoms with Crippen LogP contribution in [-0.4, -0.2) is 29.0 Å². The van der Waals surface area contributed by atoms with Crippen LogP contribution in [0.1, 0.15) is 12.0 Å². The molecule has 1 aromatic rings. The molecule has 1 heterocycles. The third-order valence-electron chi connectivity index (χ3n) is 2.82. The van der Waals surface area contributed by atoms with Crippen LogP contribution in [0.15, 0.2) is 23.1 Å². The SMILES string of the molecule is Cc1ccc(N)cc1SC1CC(=O)N(C)C1=O. The van der Waals surface area contributed by atoms with E-state index >= 15 is 0 Å². The number of imide groups is 1. The van der Waals surface area contributed by atoms with Crippen molar-refractivity contribution in [3.05, 3.63) is 23.8 Å². The topological polar surface area (TPSA) is 63.4 Å².